The summed E-state index contributed by atoms with van der Waals surface area (Å²) in [7, 11) is 1.76. The molecule has 3 aromatic rings. The number of hydrogen-bond acceptors (Lipinski definition) is 2. The Morgan fingerprint density at radius 3 is 2.33 bits per heavy atom. The standard InChI is InChI=1S/C21H21NO2/c1-14-8-9-18(15(2)10-14)13-22(3)21(24)19-11-16-6-4-5-7-17(16)12-20(19)23/h4-12,23H,13H2,1-3H3. The van der Waals surface area contributed by atoms with E-state index >= 15 is 0 Å². The average molecular weight is 319 g/mol. The maximum Gasteiger partial charge on any atom is 0.257 e. The van der Waals surface area contributed by atoms with Crippen molar-refractivity contribution in [1.82, 2.24) is 4.90 Å². The van der Waals surface area contributed by atoms with Crippen LogP contribution >= 0.6 is 0 Å². The molecule has 0 bridgehead atoms. The minimum atomic E-state index is -0.182. The van der Waals surface area contributed by atoms with Crippen LogP contribution in [0.15, 0.2) is 54.6 Å². The molecule has 0 saturated heterocycles. The summed E-state index contributed by atoms with van der Waals surface area (Å²) in [6.07, 6.45) is 0. The van der Waals surface area contributed by atoms with E-state index in [9.17, 15) is 9.90 Å². The van der Waals surface area contributed by atoms with Crippen molar-refractivity contribution >= 4 is 16.7 Å². The summed E-state index contributed by atoms with van der Waals surface area (Å²) in [4.78, 5) is 14.4. The Hall–Kier alpha value is -2.81. The van der Waals surface area contributed by atoms with Gasteiger partial charge in [-0.05, 0) is 47.9 Å². The summed E-state index contributed by atoms with van der Waals surface area (Å²) in [5.41, 5.74) is 3.81. The Morgan fingerprint density at radius 1 is 1.00 bits per heavy atom. The molecule has 0 atom stereocenters. The Balaban J connectivity index is 1.89. The summed E-state index contributed by atoms with van der Waals surface area (Å²) in [5, 5.41) is 12.1. The maximum absolute atomic E-state index is 12.8. The maximum atomic E-state index is 12.8. The van der Waals surface area contributed by atoms with Gasteiger partial charge in [-0.25, -0.2) is 0 Å². The second kappa shape index (κ2) is 6.36. The quantitative estimate of drug-likeness (QED) is 0.775. The smallest absolute Gasteiger partial charge is 0.257 e. The van der Waals surface area contributed by atoms with Crippen molar-refractivity contribution in [3.63, 3.8) is 0 Å². The first kappa shape index (κ1) is 16.1. The summed E-state index contributed by atoms with van der Waals surface area (Å²) in [6.45, 7) is 4.62. The van der Waals surface area contributed by atoms with Gasteiger partial charge >= 0.3 is 0 Å². The Bertz CT molecular complexity index is 915. The van der Waals surface area contributed by atoms with Gasteiger partial charge in [0.05, 0.1) is 5.56 Å². The van der Waals surface area contributed by atoms with E-state index in [0.29, 0.717) is 12.1 Å². The molecule has 0 heterocycles. The highest BCUT2D eigenvalue weighted by Crippen LogP contribution is 2.26. The molecule has 0 aliphatic carbocycles. The number of hydrogen-bond donors (Lipinski definition) is 1. The molecule has 24 heavy (non-hydrogen) atoms. The third-order valence-electron chi connectivity index (χ3n) is 4.35. The van der Waals surface area contributed by atoms with E-state index in [1.165, 1.54) is 5.56 Å². The van der Waals surface area contributed by atoms with Crippen LogP contribution in [0.25, 0.3) is 10.8 Å². The number of carbonyl (C=O) groups is 1. The minimum absolute atomic E-state index is 0.0196. The number of phenolic OH excluding ortho intramolecular Hbond substituents is 1. The van der Waals surface area contributed by atoms with Gasteiger partial charge in [-0.2, -0.15) is 0 Å². The lowest BCUT2D eigenvalue weighted by atomic mass is 10.0. The summed E-state index contributed by atoms with van der Waals surface area (Å²) >= 11 is 0. The molecule has 0 unspecified atom stereocenters. The van der Waals surface area contributed by atoms with E-state index in [2.05, 4.69) is 19.1 Å². The third kappa shape index (κ3) is 3.11. The van der Waals surface area contributed by atoms with Crippen molar-refractivity contribution in [2.75, 3.05) is 7.05 Å². The van der Waals surface area contributed by atoms with Crippen LogP contribution in [0, 0.1) is 13.8 Å². The zero-order valence-electron chi connectivity index (χ0n) is 14.2. The number of rotatable bonds is 3. The van der Waals surface area contributed by atoms with Crippen molar-refractivity contribution in [1.29, 1.82) is 0 Å². The molecule has 3 aromatic carbocycles. The fourth-order valence-electron chi connectivity index (χ4n) is 2.96. The topological polar surface area (TPSA) is 40.5 Å². The molecule has 0 spiro atoms. The molecular formula is C21H21NO2. The first-order valence-corrected chi connectivity index (χ1v) is 7.99. The molecule has 3 rings (SSSR count). The van der Waals surface area contributed by atoms with Gasteiger partial charge in [0.2, 0.25) is 0 Å². The molecule has 1 amide bonds. The van der Waals surface area contributed by atoms with Gasteiger partial charge in [-0.3, -0.25) is 4.79 Å². The summed E-state index contributed by atoms with van der Waals surface area (Å²) in [6, 6.07) is 17.3. The van der Waals surface area contributed by atoms with Crippen LogP contribution in [0.3, 0.4) is 0 Å². The molecule has 0 fully saturated rings. The van der Waals surface area contributed by atoms with Gasteiger partial charge in [0.15, 0.2) is 0 Å². The monoisotopic (exact) mass is 319 g/mol. The molecule has 3 nitrogen and oxygen atoms in total. The summed E-state index contributed by atoms with van der Waals surface area (Å²) < 4.78 is 0. The fourth-order valence-corrected chi connectivity index (χ4v) is 2.96. The van der Waals surface area contributed by atoms with E-state index in [-0.39, 0.29) is 11.7 Å². The molecule has 0 aliphatic heterocycles. The highest BCUT2D eigenvalue weighted by Gasteiger charge is 2.17. The van der Waals surface area contributed by atoms with Crippen molar-refractivity contribution in [3.8, 4) is 5.75 Å². The van der Waals surface area contributed by atoms with Gasteiger partial charge in [0.1, 0.15) is 5.75 Å². The van der Waals surface area contributed by atoms with Crippen LogP contribution in [-0.2, 0) is 6.54 Å². The first-order chi connectivity index (χ1) is 11.5. The van der Waals surface area contributed by atoms with E-state index in [4.69, 9.17) is 0 Å². The average Bonchev–Trinajstić information content (AvgIpc) is 2.56. The molecule has 122 valence electrons. The van der Waals surface area contributed by atoms with Crippen LogP contribution < -0.4 is 0 Å². The number of carbonyl (C=O) groups excluding carboxylic acids is 1. The highest BCUT2D eigenvalue weighted by molar-refractivity contribution is 6.01. The van der Waals surface area contributed by atoms with Crippen molar-refractivity contribution < 1.29 is 9.90 Å². The van der Waals surface area contributed by atoms with E-state index in [0.717, 1.165) is 21.9 Å². The second-order valence-electron chi connectivity index (χ2n) is 6.31. The largest absolute Gasteiger partial charge is 0.507 e. The van der Waals surface area contributed by atoms with Gasteiger partial charge in [-0.1, -0.05) is 48.0 Å². The lowest BCUT2D eigenvalue weighted by molar-refractivity contribution is 0.0782. The predicted octanol–water partition coefficient (Wildman–Crippen LogP) is 4.43. The van der Waals surface area contributed by atoms with Crippen LogP contribution in [0.2, 0.25) is 0 Å². The van der Waals surface area contributed by atoms with Crippen LogP contribution in [0.5, 0.6) is 5.75 Å². The summed E-state index contributed by atoms with van der Waals surface area (Å²) in [5.74, 6) is -0.163. The number of nitrogens with zero attached hydrogens (tertiary/aromatic N) is 1. The Morgan fingerprint density at radius 2 is 1.67 bits per heavy atom. The van der Waals surface area contributed by atoms with Crippen molar-refractivity contribution in [2.24, 2.45) is 0 Å². The SMILES string of the molecule is Cc1ccc(CN(C)C(=O)c2cc3ccccc3cc2O)c(C)c1. The molecule has 0 saturated carbocycles. The van der Waals surface area contributed by atoms with Crippen molar-refractivity contribution in [3.05, 3.63) is 76.9 Å². The lowest BCUT2D eigenvalue weighted by Gasteiger charge is -2.19. The fraction of sp³-hybridized carbons (Fsp3) is 0.190. The molecule has 0 radical (unpaired) electrons. The zero-order chi connectivity index (χ0) is 17.3. The minimum Gasteiger partial charge on any atom is -0.507 e. The Labute approximate surface area is 142 Å². The van der Waals surface area contributed by atoms with Gasteiger partial charge in [0.25, 0.3) is 5.91 Å². The van der Waals surface area contributed by atoms with E-state index in [1.807, 2.05) is 37.3 Å². The Kier molecular flexibility index (Phi) is 4.26. The van der Waals surface area contributed by atoms with Crippen LogP contribution in [0.1, 0.15) is 27.0 Å². The number of amides is 1. The third-order valence-corrected chi connectivity index (χ3v) is 4.35. The zero-order valence-corrected chi connectivity index (χ0v) is 14.2. The number of aryl methyl sites for hydroxylation is 2. The first-order valence-electron chi connectivity index (χ1n) is 7.99. The van der Waals surface area contributed by atoms with E-state index < -0.39 is 0 Å². The van der Waals surface area contributed by atoms with Gasteiger partial charge in [0, 0.05) is 13.6 Å². The second-order valence-corrected chi connectivity index (χ2v) is 6.31. The molecule has 0 aromatic heterocycles. The molecular weight excluding hydrogens is 298 g/mol. The number of aromatic hydroxyl groups is 1. The van der Waals surface area contributed by atoms with E-state index in [1.54, 1.807) is 24.1 Å². The number of fused-ring (bicyclic) bond motifs is 1. The highest BCUT2D eigenvalue weighted by atomic mass is 16.3. The number of phenols is 1. The predicted molar refractivity (Wildman–Crippen MR) is 97.3 cm³/mol. The molecule has 3 heteroatoms. The number of benzene rings is 3. The molecule has 1 N–H and O–H groups in total. The van der Waals surface area contributed by atoms with Crippen LogP contribution in [-0.4, -0.2) is 23.0 Å². The van der Waals surface area contributed by atoms with Gasteiger partial charge < -0.3 is 10.0 Å². The van der Waals surface area contributed by atoms with Gasteiger partial charge in [-0.15, -0.1) is 0 Å². The molecule has 0 aliphatic rings. The van der Waals surface area contributed by atoms with Crippen LogP contribution in [0.4, 0.5) is 0 Å². The lowest BCUT2D eigenvalue weighted by Crippen LogP contribution is -2.26. The van der Waals surface area contributed by atoms with Crippen molar-refractivity contribution in [2.45, 2.75) is 20.4 Å². The normalized spacial score (nSPS) is 10.8.